The minimum atomic E-state index is 0.985. The highest BCUT2D eigenvalue weighted by atomic mass is 14.9. The molecule has 0 aliphatic rings. The van der Waals surface area contributed by atoms with Crippen LogP contribution in [0.15, 0.2) is 30.7 Å². The second-order valence-electron chi connectivity index (χ2n) is 4.28. The maximum atomic E-state index is 4.32. The number of allylic oxidation sites excluding steroid dienone is 1. The molecule has 2 aromatic rings. The summed E-state index contributed by atoms with van der Waals surface area (Å²) in [6.07, 6.45) is 6.91. The van der Waals surface area contributed by atoms with Crippen molar-refractivity contribution in [2.75, 3.05) is 0 Å². The van der Waals surface area contributed by atoms with Crippen molar-refractivity contribution < 1.29 is 0 Å². The molecule has 0 radical (unpaired) electrons. The van der Waals surface area contributed by atoms with Gasteiger partial charge < -0.3 is 4.98 Å². The van der Waals surface area contributed by atoms with E-state index < -0.39 is 0 Å². The molecule has 1 heterocycles. The van der Waals surface area contributed by atoms with Crippen LogP contribution in [0.2, 0.25) is 0 Å². The van der Waals surface area contributed by atoms with Crippen molar-refractivity contribution in [2.45, 2.75) is 27.2 Å². The minimum absolute atomic E-state index is 0.985. The molecule has 0 saturated carbocycles. The van der Waals surface area contributed by atoms with E-state index in [1.54, 1.807) is 6.33 Å². The normalized spacial score (nSPS) is 11.8. The van der Waals surface area contributed by atoms with Crippen LogP contribution in [0.5, 0.6) is 0 Å². The van der Waals surface area contributed by atoms with Crippen molar-refractivity contribution in [1.82, 2.24) is 9.97 Å². The number of benzene rings is 1. The fraction of sp³-hybridized carbons (Fsp3) is 0.267. The van der Waals surface area contributed by atoms with E-state index in [1.807, 2.05) is 6.20 Å². The van der Waals surface area contributed by atoms with E-state index in [0.717, 1.165) is 12.1 Å². The molecule has 0 aliphatic carbocycles. The third kappa shape index (κ3) is 2.47. The zero-order chi connectivity index (χ0) is 12.3. The first kappa shape index (κ1) is 11.6. The van der Waals surface area contributed by atoms with Crippen molar-refractivity contribution in [3.05, 3.63) is 53.1 Å². The van der Waals surface area contributed by atoms with Crippen LogP contribution in [0.1, 0.15) is 35.7 Å². The largest absolute Gasteiger partial charge is 0.351 e. The summed E-state index contributed by atoms with van der Waals surface area (Å²) in [5.74, 6) is 0. The van der Waals surface area contributed by atoms with E-state index in [2.05, 4.69) is 55.0 Å². The van der Waals surface area contributed by atoms with Crippen LogP contribution in [-0.2, 0) is 0 Å². The number of aromatic amines is 1. The van der Waals surface area contributed by atoms with E-state index in [1.165, 1.54) is 22.3 Å². The van der Waals surface area contributed by atoms with Gasteiger partial charge in [-0.1, -0.05) is 25.1 Å². The SMILES string of the molecule is CC/C(=C\c1c(C)cccc1C)c1c[nH]cn1. The molecule has 17 heavy (non-hydrogen) atoms. The number of rotatable bonds is 3. The molecule has 0 bridgehead atoms. The Morgan fingerprint density at radius 2 is 2.00 bits per heavy atom. The van der Waals surface area contributed by atoms with E-state index >= 15 is 0 Å². The lowest BCUT2D eigenvalue weighted by atomic mass is 9.98. The molecule has 0 fully saturated rings. The lowest BCUT2D eigenvalue weighted by Crippen LogP contribution is -1.89. The lowest BCUT2D eigenvalue weighted by molar-refractivity contribution is 1.20. The summed E-state index contributed by atoms with van der Waals surface area (Å²) in [7, 11) is 0. The third-order valence-corrected chi connectivity index (χ3v) is 3.07. The van der Waals surface area contributed by atoms with Crippen LogP contribution in [0.25, 0.3) is 11.6 Å². The van der Waals surface area contributed by atoms with E-state index in [0.29, 0.717) is 0 Å². The summed E-state index contributed by atoms with van der Waals surface area (Å²) in [4.78, 5) is 7.33. The molecule has 88 valence electrons. The van der Waals surface area contributed by atoms with Gasteiger partial charge in [0.1, 0.15) is 0 Å². The number of H-pyrrole nitrogens is 1. The molecule has 0 spiro atoms. The Morgan fingerprint density at radius 1 is 1.29 bits per heavy atom. The number of nitrogens with zero attached hydrogens (tertiary/aromatic N) is 1. The summed E-state index contributed by atoms with van der Waals surface area (Å²) in [6, 6.07) is 6.40. The lowest BCUT2D eigenvalue weighted by Gasteiger charge is -2.07. The van der Waals surface area contributed by atoms with Crippen molar-refractivity contribution in [3.8, 4) is 0 Å². The summed E-state index contributed by atoms with van der Waals surface area (Å²) < 4.78 is 0. The first-order valence-corrected chi connectivity index (χ1v) is 5.98. The van der Waals surface area contributed by atoms with Gasteiger partial charge in [-0.3, -0.25) is 0 Å². The highest BCUT2D eigenvalue weighted by Gasteiger charge is 2.04. The molecule has 0 amide bonds. The van der Waals surface area contributed by atoms with Gasteiger partial charge in [0.15, 0.2) is 0 Å². The number of aromatic nitrogens is 2. The van der Waals surface area contributed by atoms with Gasteiger partial charge >= 0.3 is 0 Å². The first-order valence-electron chi connectivity index (χ1n) is 5.98. The predicted molar refractivity (Wildman–Crippen MR) is 72.7 cm³/mol. The summed E-state index contributed by atoms with van der Waals surface area (Å²) >= 11 is 0. The second-order valence-corrected chi connectivity index (χ2v) is 4.28. The summed E-state index contributed by atoms with van der Waals surface area (Å²) in [6.45, 7) is 6.46. The van der Waals surface area contributed by atoms with Gasteiger partial charge in [-0.15, -0.1) is 0 Å². The fourth-order valence-electron chi connectivity index (χ4n) is 2.02. The van der Waals surface area contributed by atoms with Crippen LogP contribution in [0.4, 0.5) is 0 Å². The van der Waals surface area contributed by atoms with E-state index in [4.69, 9.17) is 0 Å². The molecule has 1 N–H and O–H groups in total. The van der Waals surface area contributed by atoms with Gasteiger partial charge in [-0.2, -0.15) is 0 Å². The quantitative estimate of drug-likeness (QED) is 0.842. The summed E-state index contributed by atoms with van der Waals surface area (Å²) in [5.41, 5.74) is 6.24. The zero-order valence-electron chi connectivity index (χ0n) is 10.6. The molecule has 1 aromatic carbocycles. The van der Waals surface area contributed by atoms with Gasteiger partial charge in [0.2, 0.25) is 0 Å². The molecule has 0 aliphatic heterocycles. The van der Waals surface area contributed by atoms with E-state index in [-0.39, 0.29) is 0 Å². The van der Waals surface area contributed by atoms with Crippen LogP contribution >= 0.6 is 0 Å². The van der Waals surface area contributed by atoms with Gasteiger partial charge in [0, 0.05) is 6.20 Å². The molecular formula is C15H18N2. The highest BCUT2D eigenvalue weighted by Crippen LogP contribution is 2.23. The Balaban J connectivity index is 2.47. The predicted octanol–water partition coefficient (Wildman–Crippen LogP) is 3.98. The van der Waals surface area contributed by atoms with Gasteiger partial charge in [0.25, 0.3) is 0 Å². The molecule has 2 nitrogen and oxygen atoms in total. The molecular weight excluding hydrogens is 208 g/mol. The number of nitrogens with one attached hydrogen (secondary N) is 1. The molecule has 0 atom stereocenters. The molecule has 2 rings (SSSR count). The Morgan fingerprint density at radius 3 is 2.53 bits per heavy atom. The topological polar surface area (TPSA) is 28.7 Å². The number of hydrogen-bond donors (Lipinski definition) is 1. The maximum absolute atomic E-state index is 4.32. The molecule has 0 unspecified atom stereocenters. The highest BCUT2D eigenvalue weighted by molar-refractivity contribution is 5.81. The summed E-state index contributed by atoms with van der Waals surface area (Å²) in [5, 5.41) is 0. The maximum Gasteiger partial charge on any atom is 0.0927 e. The van der Waals surface area contributed by atoms with Crippen molar-refractivity contribution in [3.63, 3.8) is 0 Å². The zero-order valence-corrected chi connectivity index (χ0v) is 10.6. The fourth-order valence-corrected chi connectivity index (χ4v) is 2.02. The third-order valence-electron chi connectivity index (χ3n) is 3.07. The first-order chi connectivity index (χ1) is 8.22. The van der Waals surface area contributed by atoms with Crippen LogP contribution in [-0.4, -0.2) is 9.97 Å². The number of aryl methyl sites for hydroxylation is 2. The van der Waals surface area contributed by atoms with Crippen molar-refractivity contribution in [2.24, 2.45) is 0 Å². The van der Waals surface area contributed by atoms with Crippen molar-refractivity contribution >= 4 is 11.6 Å². The van der Waals surface area contributed by atoms with Gasteiger partial charge in [0.05, 0.1) is 12.0 Å². The minimum Gasteiger partial charge on any atom is -0.351 e. The Bertz CT molecular complexity index is 502. The number of hydrogen-bond acceptors (Lipinski definition) is 1. The monoisotopic (exact) mass is 226 g/mol. The molecule has 1 aromatic heterocycles. The Labute approximate surface area is 102 Å². The average Bonchev–Trinajstić information content (AvgIpc) is 2.82. The standard InChI is InChI=1S/C15H18N2/c1-4-13(15-9-16-10-17-15)8-14-11(2)6-5-7-12(14)3/h5-10H,4H2,1-3H3,(H,16,17)/b13-8+. The van der Waals surface area contributed by atoms with Crippen molar-refractivity contribution in [1.29, 1.82) is 0 Å². The second kappa shape index (κ2) is 5.00. The van der Waals surface area contributed by atoms with Gasteiger partial charge in [-0.25, -0.2) is 4.98 Å². The smallest absolute Gasteiger partial charge is 0.0927 e. The number of imidazole rings is 1. The Kier molecular flexibility index (Phi) is 3.43. The Hall–Kier alpha value is -1.83. The van der Waals surface area contributed by atoms with E-state index in [9.17, 15) is 0 Å². The molecule has 0 saturated heterocycles. The van der Waals surface area contributed by atoms with Crippen LogP contribution in [0, 0.1) is 13.8 Å². The molecule has 2 heteroatoms. The van der Waals surface area contributed by atoms with Crippen LogP contribution in [0.3, 0.4) is 0 Å². The van der Waals surface area contributed by atoms with Crippen LogP contribution < -0.4 is 0 Å². The van der Waals surface area contributed by atoms with Gasteiger partial charge in [-0.05, 0) is 48.6 Å². The average molecular weight is 226 g/mol.